The van der Waals surface area contributed by atoms with Gasteiger partial charge in [0.1, 0.15) is 12.4 Å². The van der Waals surface area contributed by atoms with E-state index in [9.17, 15) is 0 Å². The van der Waals surface area contributed by atoms with E-state index in [0.717, 1.165) is 32.9 Å². The molecule has 136 valence electrons. The fourth-order valence-electron chi connectivity index (χ4n) is 2.68. The topological polar surface area (TPSA) is 43.6 Å². The SMILES string of the molecule is COc1cc(CNCc2ccco2)c(Br)cc1OCc1cccc(C)c1. The molecule has 4 nitrogen and oxygen atoms in total. The Morgan fingerprint density at radius 1 is 1.04 bits per heavy atom. The lowest BCUT2D eigenvalue weighted by molar-refractivity contribution is 0.284. The van der Waals surface area contributed by atoms with Crippen LogP contribution in [0.5, 0.6) is 11.5 Å². The molecule has 0 unspecified atom stereocenters. The number of rotatable bonds is 8. The summed E-state index contributed by atoms with van der Waals surface area (Å²) in [5.41, 5.74) is 3.45. The lowest BCUT2D eigenvalue weighted by Gasteiger charge is -2.14. The largest absolute Gasteiger partial charge is 0.493 e. The van der Waals surface area contributed by atoms with Gasteiger partial charge in [-0.2, -0.15) is 0 Å². The lowest BCUT2D eigenvalue weighted by Crippen LogP contribution is -2.12. The average Bonchev–Trinajstić information content (AvgIpc) is 3.15. The molecular formula is C21H22BrNO3. The summed E-state index contributed by atoms with van der Waals surface area (Å²) in [7, 11) is 1.66. The summed E-state index contributed by atoms with van der Waals surface area (Å²) >= 11 is 3.63. The van der Waals surface area contributed by atoms with Crippen LogP contribution in [0.3, 0.4) is 0 Å². The summed E-state index contributed by atoms with van der Waals surface area (Å²) < 4.78 is 17.8. The number of hydrogen-bond donors (Lipinski definition) is 1. The van der Waals surface area contributed by atoms with Crippen LogP contribution in [0.2, 0.25) is 0 Å². The van der Waals surface area contributed by atoms with Gasteiger partial charge in [0.25, 0.3) is 0 Å². The average molecular weight is 416 g/mol. The van der Waals surface area contributed by atoms with Gasteiger partial charge in [0.2, 0.25) is 0 Å². The molecule has 0 fully saturated rings. The lowest BCUT2D eigenvalue weighted by atomic mass is 10.1. The summed E-state index contributed by atoms with van der Waals surface area (Å²) in [6, 6.07) is 16.1. The number of nitrogens with one attached hydrogen (secondary N) is 1. The number of aryl methyl sites for hydroxylation is 1. The highest BCUT2D eigenvalue weighted by atomic mass is 79.9. The molecule has 0 atom stereocenters. The summed E-state index contributed by atoms with van der Waals surface area (Å²) in [6.07, 6.45) is 1.68. The predicted molar refractivity (Wildman–Crippen MR) is 105 cm³/mol. The highest BCUT2D eigenvalue weighted by Crippen LogP contribution is 2.34. The standard InChI is InChI=1S/C21H22BrNO3/c1-15-5-3-6-16(9-15)14-26-21-11-19(22)17(10-20(21)24-2)12-23-13-18-7-4-8-25-18/h3-11,23H,12-14H2,1-2H3. The van der Waals surface area contributed by atoms with E-state index in [-0.39, 0.29) is 0 Å². The van der Waals surface area contributed by atoms with E-state index in [0.29, 0.717) is 19.7 Å². The highest BCUT2D eigenvalue weighted by Gasteiger charge is 2.11. The van der Waals surface area contributed by atoms with Crippen LogP contribution in [0.25, 0.3) is 0 Å². The molecule has 0 saturated carbocycles. The minimum Gasteiger partial charge on any atom is -0.493 e. The van der Waals surface area contributed by atoms with Gasteiger partial charge in [0.05, 0.1) is 19.9 Å². The Morgan fingerprint density at radius 3 is 2.65 bits per heavy atom. The van der Waals surface area contributed by atoms with E-state index in [1.54, 1.807) is 13.4 Å². The molecule has 1 heterocycles. The van der Waals surface area contributed by atoms with Gasteiger partial charge in [0.15, 0.2) is 11.5 Å². The van der Waals surface area contributed by atoms with E-state index in [1.807, 2.05) is 30.3 Å². The Hall–Kier alpha value is -2.24. The van der Waals surface area contributed by atoms with Crippen molar-refractivity contribution in [1.82, 2.24) is 5.32 Å². The molecule has 3 rings (SSSR count). The van der Waals surface area contributed by atoms with Crippen LogP contribution in [0.4, 0.5) is 0 Å². The van der Waals surface area contributed by atoms with E-state index in [4.69, 9.17) is 13.9 Å². The second-order valence-electron chi connectivity index (χ2n) is 6.06. The third-order valence-electron chi connectivity index (χ3n) is 4.00. The number of halogens is 1. The Kier molecular flexibility index (Phi) is 6.36. The van der Waals surface area contributed by atoms with Crippen LogP contribution >= 0.6 is 15.9 Å². The zero-order valence-electron chi connectivity index (χ0n) is 14.9. The summed E-state index contributed by atoms with van der Waals surface area (Å²) in [6.45, 7) is 3.94. The van der Waals surface area contributed by atoms with Crippen LogP contribution in [0.15, 0.2) is 63.7 Å². The van der Waals surface area contributed by atoms with Crippen LogP contribution in [0, 0.1) is 6.92 Å². The van der Waals surface area contributed by atoms with Gasteiger partial charge in [0, 0.05) is 11.0 Å². The molecule has 0 aliphatic rings. The minimum atomic E-state index is 0.501. The van der Waals surface area contributed by atoms with Gasteiger partial charge in [-0.3, -0.25) is 0 Å². The molecule has 0 spiro atoms. The molecule has 0 radical (unpaired) electrons. The van der Waals surface area contributed by atoms with Gasteiger partial charge < -0.3 is 19.2 Å². The first kappa shape index (κ1) is 18.5. The molecule has 0 aliphatic heterocycles. The molecule has 3 aromatic rings. The maximum Gasteiger partial charge on any atom is 0.162 e. The van der Waals surface area contributed by atoms with Gasteiger partial charge >= 0.3 is 0 Å². The maximum atomic E-state index is 5.98. The Labute approximate surface area is 162 Å². The van der Waals surface area contributed by atoms with Crippen LogP contribution < -0.4 is 14.8 Å². The van der Waals surface area contributed by atoms with Gasteiger partial charge in [-0.25, -0.2) is 0 Å². The molecule has 1 aromatic heterocycles. The first-order valence-corrected chi connectivity index (χ1v) is 9.23. The molecule has 2 aromatic carbocycles. The zero-order chi connectivity index (χ0) is 18.4. The molecule has 1 N–H and O–H groups in total. The molecule has 0 bridgehead atoms. The van der Waals surface area contributed by atoms with Gasteiger partial charge in [-0.1, -0.05) is 45.8 Å². The Balaban J connectivity index is 1.66. The second kappa shape index (κ2) is 8.92. The van der Waals surface area contributed by atoms with Crippen molar-refractivity contribution < 1.29 is 13.9 Å². The quantitative estimate of drug-likeness (QED) is 0.546. The molecule has 5 heteroatoms. The number of methoxy groups -OCH3 is 1. The zero-order valence-corrected chi connectivity index (χ0v) is 16.5. The second-order valence-corrected chi connectivity index (χ2v) is 6.91. The van der Waals surface area contributed by atoms with Crippen molar-refractivity contribution in [2.45, 2.75) is 26.6 Å². The number of hydrogen-bond acceptors (Lipinski definition) is 4. The third-order valence-corrected chi connectivity index (χ3v) is 4.74. The summed E-state index contributed by atoms with van der Waals surface area (Å²) in [5, 5.41) is 3.36. The predicted octanol–water partition coefficient (Wildman–Crippen LogP) is 5.23. The van der Waals surface area contributed by atoms with E-state index < -0.39 is 0 Å². The smallest absolute Gasteiger partial charge is 0.162 e. The van der Waals surface area contributed by atoms with Crippen molar-refractivity contribution in [3.63, 3.8) is 0 Å². The van der Waals surface area contributed by atoms with Crippen LogP contribution in [-0.2, 0) is 19.7 Å². The van der Waals surface area contributed by atoms with E-state index in [2.05, 4.69) is 46.4 Å². The van der Waals surface area contributed by atoms with Crippen LogP contribution in [-0.4, -0.2) is 7.11 Å². The van der Waals surface area contributed by atoms with Crippen molar-refractivity contribution in [3.8, 4) is 11.5 Å². The van der Waals surface area contributed by atoms with Crippen molar-refractivity contribution in [3.05, 3.63) is 81.7 Å². The molecule has 0 amide bonds. The molecular weight excluding hydrogens is 394 g/mol. The third kappa shape index (κ3) is 4.90. The highest BCUT2D eigenvalue weighted by molar-refractivity contribution is 9.10. The van der Waals surface area contributed by atoms with Crippen molar-refractivity contribution >= 4 is 15.9 Å². The fourth-order valence-corrected chi connectivity index (χ4v) is 3.14. The number of ether oxygens (including phenoxy) is 2. The van der Waals surface area contributed by atoms with Crippen molar-refractivity contribution in [2.75, 3.05) is 7.11 Å². The van der Waals surface area contributed by atoms with Gasteiger partial charge in [-0.05, 0) is 42.3 Å². The van der Waals surface area contributed by atoms with E-state index >= 15 is 0 Å². The Morgan fingerprint density at radius 2 is 1.92 bits per heavy atom. The monoisotopic (exact) mass is 415 g/mol. The van der Waals surface area contributed by atoms with Crippen molar-refractivity contribution in [2.24, 2.45) is 0 Å². The number of furan rings is 1. The van der Waals surface area contributed by atoms with Crippen molar-refractivity contribution in [1.29, 1.82) is 0 Å². The molecule has 0 saturated heterocycles. The van der Waals surface area contributed by atoms with Crippen LogP contribution in [0.1, 0.15) is 22.5 Å². The summed E-state index contributed by atoms with van der Waals surface area (Å²) in [4.78, 5) is 0. The van der Waals surface area contributed by atoms with Gasteiger partial charge in [-0.15, -0.1) is 0 Å². The maximum absolute atomic E-state index is 5.98. The minimum absolute atomic E-state index is 0.501. The summed E-state index contributed by atoms with van der Waals surface area (Å²) in [5.74, 6) is 2.34. The first-order valence-electron chi connectivity index (χ1n) is 8.43. The Bertz CT molecular complexity index is 846. The first-order chi connectivity index (χ1) is 12.7. The number of benzene rings is 2. The normalized spacial score (nSPS) is 10.7. The molecule has 0 aliphatic carbocycles. The fraction of sp³-hybridized carbons (Fsp3) is 0.238. The van der Waals surface area contributed by atoms with E-state index in [1.165, 1.54) is 5.56 Å². The molecule has 26 heavy (non-hydrogen) atoms.